The number of carbonyl (C=O) groups is 1. The molecule has 0 aliphatic rings. The highest BCUT2D eigenvalue weighted by Crippen LogP contribution is 2.20. The summed E-state index contributed by atoms with van der Waals surface area (Å²) in [7, 11) is 1.56. The van der Waals surface area contributed by atoms with Gasteiger partial charge in [0.1, 0.15) is 5.75 Å². The molecule has 74 valence electrons. The largest absolute Gasteiger partial charge is 0.497 e. The summed E-state index contributed by atoms with van der Waals surface area (Å²) >= 11 is 0. The molecule has 0 radical (unpaired) electrons. The summed E-state index contributed by atoms with van der Waals surface area (Å²) in [6.07, 6.45) is 1.86. The number of hydrogen-bond acceptors (Lipinski definition) is 3. The predicted octanol–water partition coefficient (Wildman–Crippen LogP) is 2.04. The normalized spacial score (nSPS) is 9.50. The van der Waals surface area contributed by atoms with Gasteiger partial charge in [0, 0.05) is 23.7 Å². The summed E-state index contributed by atoms with van der Waals surface area (Å²) in [5.41, 5.74) is 6.65. The maximum atomic E-state index is 11.5. The lowest BCUT2D eigenvalue weighted by atomic mass is 10.1. The first-order valence-electron chi connectivity index (χ1n) is 4.26. The highest BCUT2D eigenvalue weighted by molar-refractivity contribution is 6.01. The third kappa shape index (κ3) is 2.13. The third-order valence-corrected chi connectivity index (χ3v) is 1.89. The summed E-state index contributed by atoms with van der Waals surface area (Å²) in [5, 5.41) is 0. The second-order valence-electron chi connectivity index (χ2n) is 2.87. The van der Waals surface area contributed by atoms with Crippen molar-refractivity contribution in [2.75, 3.05) is 12.8 Å². The average Bonchev–Trinajstić information content (AvgIpc) is 2.17. The van der Waals surface area contributed by atoms with Crippen LogP contribution in [0.25, 0.3) is 0 Å². The van der Waals surface area contributed by atoms with Crippen molar-refractivity contribution in [3.8, 4) is 5.75 Å². The zero-order chi connectivity index (χ0) is 10.6. The fraction of sp³-hybridized carbons (Fsp3) is 0.182. The van der Waals surface area contributed by atoms with Crippen molar-refractivity contribution in [2.24, 2.45) is 0 Å². The van der Waals surface area contributed by atoms with Crippen LogP contribution in [0.15, 0.2) is 30.9 Å². The standard InChI is InChI=1S/C11H13NO2/c1-3-4-11(13)9-6-5-8(14-2)7-10(9)12/h3,5-7H,1,4,12H2,2H3. The van der Waals surface area contributed by atoms with Crippen LogP contribution in [-0.4, -0.2) is 12.9 Å². The molecular weight excluding hydrogens is 178 g/mol. The Hall–Kier alpha value is -1.77. The molecule has 14 heavy (non-hydrogen) atoms. The van der Waals surface area contributed by atoms with Gasteiger partial charge in [-0.1, -0.05) is 6.08 Å². The van der Waals surface area contributed by atoms with Crippen LogP contribution in [-0.2, 0) is 0 Å². The summed E-state index contributed by atoms with van der Waals surface area (Å²) < 4.78 is 4.98. The number of ketones is 1. The van der Waals surface area contributed by atoms with Gasteiger partial charge < -0.3 is 10.5 Å². The highest BCUT2D eigenvalue weighted by atomic mass is 16.5. The maximum absolute atomic E-state index is 11.5. The summed E-state index contributed by atoms with van der Waals surface area (Å²) in [5.74, 6) is 0.623. The number of benzene rings is 1. The molecule has 1 aromatic carbocycles. The Labute approximate surface area is 83.2 Å². The van der Waals surface area contributed by atoms with Crippen molar-refractivity contribution in [1.82, 2.24) is 0 Å². The molecule has 0 heterocycles. The number of Topliss-reactive ketones (excluding diaryl/α,β-unsaturated/α-hetero) is 1. The summed E-state index contributed by atoms with van der Waals surface area (Å²) in [6, 6.07) is 5.02. The molecule has 0 aromatic heterocycles. The topological polar surface area (TPSA) is 52.3 Å². The number of nitrogen functional groups attached to an aromatic ring is 1. The lowest BCUT2D eigenvalue weighted by molar-refractivity contribution is 0.0997. The van der Waals surface area contributed by atoms with E-state index < -0.39 is 0 Å². The van der Waals surface area contributed by atoms with Crippen LogP contribution in [0.5, 0.6) is 5.75 Å². The summed E-state index contributed by atoms with van der Waals surface area (Å²) in [6.45, 7) is 3.50. The Balaban J connectivity index is 2.99. The molecule has 0 amide bonds. The van der Waals surface area contributed by atoms with Gasteiger partial charge in [-0.15, -0.1) is 6.58 Å². The number of carbonyl (C=O) groups excluding carboxylic acids is 1. The van der Waals surface area contributed by atoms with E-state index in [2.05, 4.69) is 6.58 Å². The number of hydrogen-bond donors (Lipinski definition) is 1. The highest BCUT2D eigenvalue weighted by Gasteiger charge is 2.08. The zero-order valence-corrected chi connectivity index (χ0v) is 8.12. The van der Waals surface area contributed by atoms with E-state index in [4.69, 9.17) is 10.5 Å². The molecule has 1 aromatic rings. The Morgan fingerprint density at radius 3 is 2.86 bits per heavy atom. The molecule has 0 saturated heterocycles. The first-order chi connectivity index (χ1) is 6.69. The monoisotopic (exact) mass is 191 g/mol. The van der Waals surface area contributed by atoms with Crippen LogP contribution < -0.4 is 10.5 Å². The molecule has 0 bridgehead atoms. The van der Waals surface area contributed by atoms with Gasteiger partial charge in [-0.05, 0) is 12.1 Å². The molecule has 2 N–H and O–H groups in total. The van der Waals surface area contributed by atoms with Gasteiger partial charge in [0.05, 0.1) is 7.11 Å². The number of rotatable bonds is 4. The fourth-order valence-electron chi connectivity index (χ4n) is 1.16. The van der Waals surface area contributed by atoms with Crippen LogP contribution >= 0.6 is 0 Å². The predicted molar refractivity (Wildman–Crippen MR) is 56.6 cm³/mol. The Kier molecular flexibility index (Phi) is 3.29. The maximum Gasteiger partial charge on any atom is 0.168 e. The molecule has 1 rings (SSSR count). The van der Waals surface area contributed by atoms with E-state index in [1.54, 1.807) is 31.4 Å². The first kappa shape index (κ1) is 10.3. The van der Waals surface area contributed by atoms with Gasteiger partial charge in [0.2, 0.25) is 0 Å². The van der Waals surface area contributed by atoms with E-state index in [-0.39, 0.29) is 5.78 Å². The SMILES string of the molecule is C=CCC(=O)c1ccc(OC)cc1N. The third-order valence-electron chi connectivity index (χ3n) is 1.89. The van der Waals surface area contributed by atoms with Gasteiger partial charge in [0.25, 0.3) is 0 Å². The van der Waals surface area contributed by atoms with E-state index in [9.17, 15) is 4.79 Å². The number of anilines is 1. The molecule has 0 unspecified atom stereocenters. The molecule has 0 saturated carbocycles. The van der Waals surface area contributed by atoms with Crippen molar-refractivity contribution in [3.05, 3.63) is 36.4 Å². The van der Waals surface area contributed by atoms with Crippen molar-refractivity contribution < 1.29 is 9.53 Å². The molecular formula is C11H13NO2. The Morgan fingerprint density at radius 2 is 2.36 bits per heavy atom. The molecule has 0 aliphatic heterocycles. The van der Waals surface area contributed by atoms with E-state index in [1.165, 1.54) is 0 Å². The molecule has 0 fully saturated rings. The van der Waals surface area contributed by atoms with Gasteiger partial charge in [-0.3, -0.25) is 4.79 Å². The Bertz CT molecular complexity index is 358. The lowest BCUT2D eigenvalue weighted by Gasteiger charge is -2.05. The molecule has 3 heteroatoms. The molecule has 0 spiro atoms. The summed E-state index contributed by atoms with van der Waals surface area (Å²) in [4.78, 5) is 11.5. The minimum Gasteiger partial charge on any atom is -0.497 e. The Morgan fingerprint density at radius 1 is 1.64 bits per heavy atom. The number of methoxy groups -OCH3 is 1. The minimum absolute atomic E-state index is 0.0276. The van der Waals surface area contributed by atoms with Crippen LogP contribution in [0, 0.1) is 0 Å². The van der Waals surface area contributed by atoms with E-state index >= 15 is 0 Å². The van der Waals surface area contributed by atoms with Gasteiger partial charge in [-0.2, -0.15) is 0 Å². The van der Waals surface area contributed by atoms with Crippen molar-refractivity contribution in [3.63, 3.8) is 0 Å². The smallest absolute Gasteiger partial charge is 0.168 e. The van der Waals surface area contributed by atoms with Gasteiger partial charge >= 0.3 is 0 Å². The molecule has 0 atom stereocenters. The first-order valence-corrected chi connectivity index (χ1v) is 4.26. The number of nitrogens with two attached hydrogens (primary N) is 1. The molecule has 0 aliphatic carbocycles. The minimum atomic E-state index is -0.0276. The van der Waals surface area contributed by atoms with Crippen LogP contribution in [0.1, 0.15) is 16.8 Å². The van der Waals surface area contributed by atoms with Crippen LogP contribution in [0.2, 0.25) is 0 Å². The average molecular weight is 191 g/mol. The van der Waals surface area contributed by atoms with Crippen molar-refractivity contribution in [1.29, 1.82) is 0 Å². The van der Waals surface area contributed by atoms with Gasteiger partial charge in [-0.25, -0.2) is 0 Å². The lowest BCUT2D eigenvalue weighted by Crippen LogP contribution is -2.02. The van der Waals surface area contributed by atoms with E-state index in [1.807, 2.05) is 0 Å². The van der Waals surface area contributed by atoms with Crippen LogP contribution in [0.3, 0.4) is 0 Å². The van der Waals surface area contributed by atoms with E-state index in [0.717, 1.165) is 0 Å². The zero-order valence-electron chi connectivity index (χ0n) is 8.12. The fourth-order valence-corrected chi connectivity index (χ4v) is 1.16. The molecule has 3 nitrogen and oxygen atoms in total. The second-order valence-corrected chi connectivity index (χ2v) is 2.87. The number of allylic oxidation sites excluding steroid dienone is 1. The second kappa shape index (κ2) is 4.46. The van der Waals surface area contributed by atoms with Gasteiger partial charge in [0.15, 0.2) is 5.78 Å². The quantitative estimate of drug-likeness (QED) is 0.450. The van der Waals surface area contributed by atoms with Crippen LogP contribution in [0.4, 0.5) is 5.69 Å². The number of ether oxygens (including phenoxy) is 1. The van der Waals surface area contributed by atoms with Crippen molar-refractivity contribution >= 4 is 11.5 Å². The van der Waals surface area contributed by atoms with E-state index in [0.29, 0.717) is 23.4 Å². The van der Waals surface area contributed by atoms with Crippen molar-refractivity contribution in [2.45, 2.75) is 6.42 Å².